The van der Waals surface area contributed by atoms with Gasteiger partial charge in [-0.15, -0.1) is 0 Å². The van der Waals surface area contributed by atoms with Crippen molar-refractivity contribution in [2.24, 2.45) is 0 Å². The quantitative estimate of drug-likeness (QED) is 0.862. The molecule has 2 aromatic rings. The summed E-state index contributed by atoms with van der Waals surface area (Å²) in [6.07, 6.45) is 1.29. The van der Waals surface area contributed by atoms with E-state index in [0.29, 0.717) is 26.3 Å². The molecule has 0 spiro atoms. The van der Waals surface area contributed by atoms with Gasteiger partial charge in [-0.3, -0.25) is 4.79 Å². The number of oxazole rings is 1. The highest BCUT2D eigenvalue weighted by Crippen LogP contribution is 2.17. The Morgan fingerprint density at radius 1 is 1.32 bits per heavy atom. The number of halogens is 1. The lowest BCUT2D eigenvalue weighted by atomic mass is 10.3. The molecule has 6 nitrogen and oxygen atoms in total. The Hall–Kier alpha value is -2.41. The van der Waals surface area contributed by atoms with Gasteiger partial charge in [0.15, 0.2) is 23.9 Å². The fourth-order valence-corrected chi connectivity index (χ4v) is 2.11. The van der Waals surface area contributed by atoms with Crippen molar-refractivity contribution < 1.29 is 23.1 Å². The van der Waals surface area contributed by atoms with Crippen molar-refractivity contribution in [3.05, 3.63) is 47.9 Å². The van der Waals surface area contributed by atoms with Crippen molar-refractivity contribution in [2.45, 2.75) is 6.61 Å². The maximum atomic E-state index is 13.4. The van der Waals surface area contributed by atoms with E-state index in [1.54, 1.807) is 17.0 Å². The van der Waals surface area contributed by atoms with Crippen LogP contribution < -0.4 is 4.74 Å². The monoisotopic (exact) mass is 306 g/mol. The van der Waals surface area contributed by atoms with Crippen LogP contribution in [0.1, 0.15) is 16.4 Å². The summed E-state index contributed by atoms with van der Waals surface area (Å²) in [5.41, 5.74) is 0.217. The first-order valence-electron chi connectivity index (χ1n) is 6.93. The molecule has 1 aliphatic rings. The Labute approximate surface area is 126 Å². The van der Waals surface area contributed by atoms with Crippen LogP contribution in [0.4, 0.5) is 4.39 Å². The normalized spacial score (nSPS) is 14.9. The molecule has 0 saturated carbocycles. The molecule has 1 aromatic heterocycles. The third-order valence-electron chi connectivity index (χ3n) is 3.26. The number of amides is 1. The Bertz CT molecular complexity index is 652. The van der Waals surface area contributed by atoms with E-state index in [-0.39, 0.29) is 29.8 Å². The molecule has 22 heavy (non-hydrogen) atoms. The lowest BCUT2D eigenvalue weighted by molar-refractivity contribution is 0.0299. The molecule has 0 N–H and O–H groups in total. The third kappa shape index (κ3) is 3.25. The van der Waals surface area contributed by atoms with Gasteiger partial charge in [0.05, 0.1) is 13.2 Å². The maximum absolute atomic E-state index is 13.4. The summed E-state index contributed by atoms with van der Waals surface area (Å²) in [7, 11) is 0. The van der Waals surface area contributed by atoms with E-state index in [2.05, 4.69) is 4.98 Å². The van der Waals surface area contributed by atoms with Crippen LogP contribution in [-0.2, 0) is 11.3 Å². The first-order valence-corrected chi connectivity index (χ1v) is 6.93. The van der Waals surface area contributed by atoms with Crippen LogP contribution in [0.2, 0.25) is 0 Å². The second-order valence-electron chi connectivity index (χ2n) is 4.75. The number of nitrogens with zero attached hydrogens (tertiary/aromatic N) is 2. The molecule has 1 aliphatic heterocycles. The van der Waals surface area contributed by atoms with Gasteiger partial charge in [0.2, 0.25) is 5.89 Å². The Morgan fingerprint density at radius 2 is 2.09 bits per heavy atom. The van der Waals surface area contributed by atoms with Crippen LogP contribution in [0.25, 0.3) is 0 Å². The topological polar surface area (TPSA) is 64.8 Å². The highest BCUT2D eigenvalue weighted by Gasteiger charge is 2.21. The molecule has 0 aliphatic carbocycles. The molecule has 1 aromatic carbocycles. The van der Waals surface area contributed by atoms with Gasteiger partial charge < -0.3 is 18.8 Å². The lowest BCUT2D eigenvalue weighted by Gasteiger charge is -2.25. The van der Waals surface area contributed by atoms with Gasteiger partial charge in [-0.05, 0) is 12.1 Å². The van der Waals surface area contributed by atoms with E-state index in [0.717, 1.165) is 0 Å². The number of benzene rings is 1. The van der Waals surface area contributed by atoms with Gasteiger partial charge in [-0.25, -0.2) is 9.37 Å². The van der Waals surface area contributed by atoms with Crippen LogP contribution in [0.5, 0.6) is 5.75 Å². The van der Waals surface area contributed by atoms with Crippen LogP contribution >= 0.6 is 0 Å². The summed E-state index contributed by atoms with van der Waals surface area (Å²) in [6, 6.07) is 6.06. The van der Waals surface area contributed by atoms with E-state index in [1.165, 1.54) is 18.4 Å². The molecule has 1 fully saturated rings. The summed E-state index contributed by atoms with van der Waals surface area (Å²) in [5.74, 6) is -0.329. The summed E-state index contributed by atoms with van der Waals surface area (Å²) < 4.78 is 29.1. The molecule has 3 rings (SSSR count). The largest absolute Gasteiger partial charge is 0.481 e. The number of rotatable bonds is 4. The molecular weight excluding hydrogens is 291 g/mol. The number of para-hydroxylation sites is 1. The highest BCUT2D eigenvalue weighted by atomic mass is 19.1. The van der Waals surface area contributed by atoms with Crippen molar-refractivity contribution in [3.63, 3.8) is 0 Å². The molecule has 7 heteroatoms. The first-order chi connectivity index (χ1) is 10.7. The molecule has 0 bridgehead atoms. The number of morpholine rings is 1. The smallest absolute Gasteiger partial charge is 0.275 e. The van der Waals surface area contributed by atoms with Gasteiger partial charge in [-0.1, -0.05) is 12.1 Å². The van der Waals surface area contributed by atoms with Crippen molar-refractivity contribution in [3.8, 4) is 5.75 Å². The minimum Gasteiger partial charge on any atom is -0.481 e. The lowest BCUT2D eigenvalue weighted by Crippen LogP contribution is -2.40. The zero-order valence-corrected chi connectivity index (χ0v) is 11.8. The van der Waals surface area contributed by atoms with Gasteiger partial charge in [0.25, 0.3) is 5.91 Å². The molecule has 0 unspecified atom stereocenters. The molecular formula is C15H15FN2O4. The van der Waals surface area contributed by atoms with E-state index in [1.807, 2.05) is 0 Å². The van der Waals surface area contributed by atoms with Gasteiger partial charge in [0.1, 0.15) is 6.26 Å². The van der Waals surface area contributed by atoms with E-state index in [9.17, 15) is 9.18 Å². The summed E-state index contributed by atoms with van der Waals surface area (Å²) >= 11 is 0. The molecule has 116 valence electrons. The van der Waals surface area contributed by atoms with E-state index >= 15 is 0 Å². The SMILES string of the molecule is O=C(c1coc(COc2ccccc2F)n1)N1CCOCC1. The van der Waals surface area contributed by atoms with Gasteiger partial charge in [-0.2, -0.15) is 0 Å². The molecule has 1 saturated heterocycles. The Morgan fingerprint density at radius 3 is 2.86 bits per heavy atom. The predicted molar refractivity (Wildman–Crippen MR) is 74.0 cm³/mol. The average molecular weight is 306 g/mol. The number of hydrogen-bond donors (Lipinski definition) is 0. The summed E-state index contributed by atoms with van der Waals surface area (Å²) in [4.78, 5) is 17.9. The van der Waals surface area contributed by atoms with Crippen LogP contribution in [0, 0.1) is 5.82 Å². The molecule has 0 radical (unpaired) electrons. The highest BCUT2D eigenvalue weighted by molar-refractivity contribution is 5.92. The summed E-state index contributed by atoms with van der Waals surface area (Å²) in [5, 5.41) is 0. The zero-order chi connectivity index (χ0) is 15.4. The number of carbonyl (C=O) groups is 1. The number of hydrogen-bond acceptors (Lipinski definition) is 5. The third-order valence-corrected chi connectivity index (χ3v) is 3.26. The van der Waals surface area contributed by atoms with E-state index in [4.69, 9.17) is 13.9 Å². The first kappa shape index (κ1) is 14.5. The minimum absolute atomic E-state index is 0.0443. The number of carbonyl (C=O) groups excluding carboxylic acids is 1. The summed E-state index contributed by atoms with van der Waals surface area (Å²) in [6.45, 7) is 2.07. The van der Waals surface area contributed by atoms with Crippen LogP contribution in [-0.4, -0.2) is 42.1 Å². The van der Waals surface area contributed by atoms with Crippen molar-refractivity contribution in [1.82, 2.24) is 9.88 Å². The van der Waals surface area contributed by atoms with Crippen molar-refractivity contribution in [2.75, 3.05) is 26.3 Å². The minimum atomic E-state index is -0.460. The number of ether oxygens (including phenoxy) is 2. The molecule has 0 atom stereocenters. The fraction of sp³-hybridized carbons (Fsp3) is 0.333. The van der Waals surface area contributed by atoms with Crippen LogP contribution in [0.3, 0.4) is 0 Å². The second kappa shape index (κ2) is 6.57. The number of aromatic nitrogens is 1. The zero-order valence-electron chi connectivity index (χ0n) is 11.8. The maximum Gasteiger partial charge on any atom is 0.275 e. The van der Waals surface area contributed by atoms with Gasteiger partial charge in [0, 0.05) is 13.1 Å². The Balaban J connectivity index is 1.61. The predicted octanol–water partition coefficient (Wildman–Crippen LogP) is 1.87. The molecule has 1 amide bonds. The van der Waals surface area contributed by atoms with Crippen molar-refractivity contribution in [1.29, 1.82) is 0 Å². The fourth-order valence-electron chi connectivity index (χ4n) is 2.11. The van der Waals surface area contributed by atoms with Crippen LogP contribution in [0.15, 0.2) is 34.9 Å². The van der Waals surface area contributed by atoms with Gasteiger partial charge >= 0.3 is 0 Å². The second-order valence-corrected chi connectivity index (χ2v) is 4.75. The molecule has 2 heterocycles. The Kier molecular flexibility index (Phi) is 4.34. The van der Waals surface area contributed by atoms with Crippen molar-refractivity contribution >= 4 is 5.91 Å². The van der Waals surface area contributed by atoms with E-state index < -0.39 is 5.82 Å². The average Bonchev–Trinajstić information content (AvgIpc) is 3.03. The standard InChI is InChI=1S/C15H15FN2O4/c16-11-3-1-2-4-13(11)21-10-14-17-12(9-22-14)15(19)18-5-7-20-8-6-18/h1-4,9H,5-8,10H2.